The van der Waals surface area contributed by atoms with Crippen LogP contribution in [-0.2, 0) is 9.84 Å². The molecule has 0 amide bonds. The second-order valence-corrected chi connectivity index (χ2v) is 5.51. The van der Waals surface area contributed by atoms with Crippen LogP contribution in [-0.4, -0.2) is 14.1 Å². The van der Waals surface area contributed by atoms with Crippen LogP contribution in [0.1, 0.15) is 19.4 Å². The Hall–Kier alpha value is -1.62. The minimum absolute atomic E-state index is 0.335. The maximum Gasteiger partial charge on any atom is 0.202 e. The summed E-state index contributed by atoms with van der Waals surface area (Å²) in [6.07, 6.45) is 0. The van der Waals surface area contributed by atoms with E-state index in [0.717, 1.165) is 5.71 Å². The van der Waals surface area contributed by atoms with Gasteiger partial charge in [-0.1, -0.05) is 18.2 Å². The van der Waals surface area contributed by atoms with Crippen molar-refractivity contribution >= 4 is 21.2 Å². The quantitative estimate of drug-likeness (QED) is 0.628. The normalized spacial score (nSPS) is 16.2. The molecule has 84 valence electrons. The van der Waals surface area contributed by atoms with Crippen molar-refractivity contribution in [1.82, 2.24) is 5.43 Å². The number of hydrogen-bond acceptors (Lipinski definition) is 4. The maximum atomic E-state index is 11.7. The second kappa shape index (κ2) is 3.75. The van der Waals surface area contributed by atoms with E-state index in [1.807, 2.05) is 13.8 Å². The predicted octanol–water partition coefficient (Wildman–Crippen LogP) is 1.76. The Morgan fingerprint density at radius 3 is 2.62 bits per heavy atom. The van der Waals surface area contributed by atoms with Gasteiger partial charge in [0.15, 0.2) is 0 Å². The highest BCUT2D eigenvalue weighted by molar-refractivity contribution is 7.94. The van der Waals surface area contributed by atoms with E-state index in [1.165, 1.54) is 5.41 Å². The number of rotatable bonds is 2. The van der Waals surface area contributed by atoms with Crippen LogP contribution in [0.3, 0.4) is 0 Å². The highest BCUT2D eigenvalue weighted by Crippen LogP contribution is 2.31. The third-order valence-electron chi connectivity index (χ3n) is 2.16. The van der Waals surface area contributed by atoms with E-state index in [0.29, 0.717) is 16.2 Å². The number of hydrazone groups is 1. The minimum atomic E-state index is -3.30. The highest BCUT2D eigenvalue weighted by Gasteiger charge is 2.26. The van der Waals surface area contributed by atoms with Crippen LogP contribution in [0.25, 0.3) is 5.70 Å². The third-order valence-corrected chi connectivity index (χ3v) is 3.67. The first-order chi connectivity index (χ1) is 7.50. The van der Waals surface area contributed by atoms with Crippen molar-refractivity contribution in [3.8, 4) is 0 Å². The summed E-state index contributed by atoms with van der Waals surface area (Å²) in [5.41, 5.74) is 4.80. The summed E-state index contributed by atoms with van der Waals surface area (Å²) in [6.45, 7) is 3.67. The molecule has 1 N–H and O–H groups in total. The molecule has 1 aliphatic heterocycles. The van der Waals surface area contributed by atoms with Crippen molar-refractivity contribution in [2.24, 2.45) is 5.10 Å². The molecule has 1 aliphatic rings. The molecule has 1 heterocycles. The van der Waals surface area contributed by atoms with Crippen molar-refractivity contribution in [3.05, 3.63) is 35.2 Å². The Labute approximate surface area is 94.6 Å². The molecule has 4 nitrogen and oxygen atoms in total. The molecular formula is C11H12N2O2S. The first-order valence-electron chi connectivity index (χ1n) is 4.84. The molecule has 5 heteroatoms. The van der Waals surface area contributed by atoms with Gasteiger partial charge in [-0.2, -0.15) is 5.10 Å². The van der Waals surface area contributed by atoms with Gasteiger partial charge >= 0.3 is 0 Å². The van der Waals surface area contributed by atoms with Gasteiger partial charge in [0.1, 0.15) is 0 Å². The van der Waals surface area contributed by atoms with Crippen LogP contribution < -0.4 is 5.43 Å². The van der Waals surface area contributed by atoms with E-state index in [2.05, 4.69) is 10.5 Å². The number of nitrogens with one attached hydrogen (secondary N) is 1. The molecule has 0 atom stereocenters. The third kappa shape index (κ3) is 1.86. The van der Waals surface area contributed by atoms with Gasteiger partial charge < -0.3 is 0 Å². The molecule has 1 aromatic carbocycles. The zero-order valence-corrected chi connectivity index (χ0v) is 9.88. The summed E-state index contributed by atoms with van der Waals surface area (Å²) in [6, 6.07) is 6.87. The topological polar surface area (TPSA) is 58.5 Å². The van der Waals surface area contributed by atoms with E-state index >= 15 is 0 Å². The van der Waals surface area contributed by atoms with Crippen LogP contribution in [0.2, 0.25) is 0 Å². The SMILES string of the molecule is CC(C)=NNC1=CS(=O)(=O)c2ccccc21. The van der Waals surface area contributed by atoms with Gasteiger partial charge in [-0.05, 0) is 19.9 Å². The predicted molar refractivity (Wildman–Crippen MR) is 63.5 cm³/mol. The standard InChI is InChI=1S/C11H12N2O2S/c1-8(2)12-13-10-7-16(14,15)11-6-4-3-5-9(10)11/h3-7,13H,1-2H3. The van der Waals surface area contributed by atoms with E-state index < -0.39 is 9.84 Å². The molecule has 1 aromatic rings. The molecule has 0 fully saturated rings. The lowest BCUT2D eigenvalue weighted by Gasteiger charge is -2.03. The molecule has 0 bridgehead atoms. The van der Waals surface area contributed by atoms with Gasteiger partial charge in [-0.3, -0.25) is 5.43 Å². The summed E-state index contributed by atoms with van der Waals surface area (Å²) < 4.78 is 23.5. The lowest BCUT2D eigenvalue weighted by atomic mass is 10.2. The average Bonchev–Trinajstić information content (AvgIpc) is 2.49. The second-order valence-electron chi connectivity index (χ2n) is 3.74. The van der Waals surface area contributed by atoms with E-state index in [4.69, 9.17) is 0 Å². The molecule has 0 aromatic heterocycles. The van der Waals surface area contributed by atoms with Gasteiger partial charge in [-0.15, -0.1) is 0 Å². The first-order valence-corrected chi connectivity index (χ1v) is 6.38. The maximum absolute atomic E-state index is 11.7. The summed E-state index contributed by atoms with van der Waals surface area (Å²) in [7, 11) is -3.30. The van der Waals surface area contributed by atoms with E-state index in [-0.39, 0.29) is 0 Å². The number of fused-ring (bicyclic) bond motifs is 1. The van der Waals surface area contributed by atoms with Crippen LogP contribution in [0, 0.1) is 0 Å². The molecule has 0 aliphatic carbocycles. The smallest absolute Gasteiger partial charge is 0.202 e. The van der Waals surface area contributed by atoms with E-state index in [9.17, 15) is 8.42 Å². The zero-order chi connectivity index (χ0) is 11.8. The summed E-state index contributed by atoms with van der Waals surface area (Å²) in [5.74, 6) is 0. The molecular weight excluding hydrogens is 224 g/mol. The van der Waals surface area contributed by atoms with Crippen LogP contribution in [0.5, 0.6) is 0 Å². The fourth-order valence-electron chi connectivity index (χ4n) is 1.48. The largest absolute Gasteiger partial charge is 0.277 e. The van der Waals surface area contributed by atoms with Crippen LogP contribution in [0.4, 0.5) is 0 Å². The zero-order valence-electron chi connectivity index (χ0n) is 9.06. The van der Waals surface area contributed by atoms with Crippen molar-refractivity contribution in [2.45, 2.75) is 18.7 Å². The molecule has 16 heavy (non-hydrogen) atoms. The molecule has 0 saturated carbocycles. The number of sulfone groups is 1. The van der Waals surface area contributed by atoms with Crippen LogP contribution >= 0.6 is 0 Å². The Bertz CT molecular complexity index is 582. The fraction of sp³-hybridized carbons (Fsp3) is 0.182. The minimum Gasteiger partial charge on any atom is -0.277 e. The van der Waals surface area contributed by atoms with E-state index in [1.54, 1.807) is 24.3 Å². The van der Waals surface area contributed by atoms with Crippen molar-refractivity contribution in [1.29, 1.82) is 0 Å². The lowest BCUT2D eigenvalue weighted by molar-refractivity contribution is 0.605. The summed E-state index contributed by atoms with van der Waals surface area (Å²) >= 11 is 0. The van der Waals surface area contributed by atoms with Crippen LogP contribution in [0.15, 0.2) is 39.7 Å². The number of benzene rings is 1. The summed E-state index contributed by atoms with van der Waals surface area (Å²) in [4.78, 5) is 0.335. The van der Waals surface area contributed by atoms with Gasteiger partial charge in [0.25, 0.3) is 0 Å². The molecule has 2 rings (SSSR count). The van der Waals surface area contributed by atoms with Crippen molar-refractivity contribution in [2.75, 3.05) is 0 Å². The molecule has 0 spiro atoms. The van der Waals surface area contributed by atoms with Gasteiger partial charge in [0.2, 0.25) is 9.84 Å². The highest BCUT2D eigenvalue weighted by atomic mass is 32.2. The van der Waals surface area contributed by atoms with Gasteiger partial charge in [0, 0.05) is 11.3 Å². The Kier molecular flexibility index (Phi) is 2.55. The molecule has 0 saturated heterocycles. The molecule has 0 radical (unpaired) electrons. The Morgan fingerprint density at radius 1 is 1.25 bits per heavy atom. The van der Waals surface area contributed by atoms with Gasteiger partial charge in [-0.25, -0.2) is 8.42 Å². The lowest BCUT2D eigenvalue weighted by Crippen LogP contribution is -2.04. The summed E-state index contributed by atoms with van der Waals surface area (Å²) in [5, 5.41) is 5.22. The Morgan fingerprint density at radius 2 is 1.94 bits per heavy atom. The average molecular weight is 236 g/mol. The van der Waals surface area contributed by atoms with Crippen molar-refractivity contribution < 1.29 is 8.42 Å². The monoisotopic (exact) mass is 236 g/mol. The first kappa shape index (κ1) is 10.9. The van der Waals surface area contributed by atoms with Gasteiger partial charge in [0.05, 0.1) is 16.0 Å². The Balaban J connectivity index is 2.47. The van der Waals surface area contributed by atoms with Crippen molar-refractivity contribution in [3.63, 3.8) is 0 Å². The fourth-order valence-corrected chi connectivity index (χ4v) is 2.85. The number of nitrogens with zero attached hydrogens (tertiary/aromatic N) is 1. The number of hydrogen-bond donors (Lipinski definition) is 1. The molecule has 0 unspecified atom stereocenters.